The maximum atomic E-state index is 13.1. The fourth-order valence-corrected chi connectivity index (χ4v) is 3.90. The van der Waals surface area contributed by atoms with Crippen LogP contribution in [0.4, 0.5) is 0 Å². The molecule has 1 fully saturated rings. The normalized spacial score (nSPS) is 17.3. The maximum Gasteiger partial charge on any atom is 0.251 e. The molecule has 3 rings (SSSR count). The molecular formula is C23H30ClN3O3. The Morgan fingerprint density at radius 2 is 1.87 bits per heavy atom. The van der Waals surface area contributed by atoms with E-state index in [-0.39, 0.29) is 23.8 Å². The predicted octanol–water partition coefficient (Wildman–Crippen LogP) is 4.03. The zero-order chi connectivity index (χ0) is 21.5. The van der Waals surface area contributed by atoms with Crippen LogP contribution < -0.4 is 10.6 Å². The van der Waals surface area contributed by atoms with Crippen LogP contribution in [0, 0.1) is 5.92 Å². The van der Waals surface area contributed by atoms with Crippen LogP contribution in [0.3, 0.4) is 0 Å². The van der Waals surface area contributed by atoms with Crippen LogP contribution in [-0.4, -0.2) is 42.4 Å². The lowest BCUT2D eigenvalue weighted by Crippen LogP contribution is -2.51. The minimum absolute atomic E-state index is 0.00370. The van der Waals surface area contributed by atoms with E-state index in [1.165, 1.54) is 0 Å². The lowest BCUT2D eigenvalue weighted by molar-refractivity contribution is -0.124. The Bertz CT molecular complexity index is 817. The standard InChI is InChI=1S/C23H30ClN3O3/c1-3-16(2)21(26-22(28)17-8-10-18(24)11-9-17)23(29)25-15-19(20-7-6-14-30-20)27-12-4-5-13-27/h6-11,14,16,19,21H,3-5,12-13,15H2,1-2H3,(H,25,29)(H,26,28). The molecule has 2 N–H and O–H groups in total. The van der Waals surface area contributed by atoms with Crippen molar-refractivity contribution in [2.24, 2.45) is 5.92 Å². The topological polar surface area (TPSA) is 74.6 Å². The van der Waals surface area contributed by atoms with Crippen molar-refractivity contribution in [1.29, 1.82) is 0 Å². The molecule has 1 saturated heterocycles. The summed E-state index contributed by atoms with van der Waals surface area (Å²) in [5.74, 6) is 0.384. The Labute approximate surface area is 183 Å². The van der Waals surface area contributed by atoms with E-state index in [0.717, 1.165) is 38.1 Å². The van der Waals surface area contributed by atoms with Crippen molar-refractivity contribution < 1.29 is 14.0 Å². The van der Waals surface area contributed by atoms with Gasteiger partial charge in [0.1, 0.15) is 11.8 Å². The molecule has 30 heavy (non-hydrogen) atoms. The van der Waals surface area contributed by atoms with Gasteiger partial charge in [0.15, 0.2) is 0 Å². The second-order valence-electron chi connectivity index (χ2n) is 7.86. The summed E-state index contributed by atoms with van der Waals surface area (Å²) in [6.07, 6.45) is 4.73. The van der Waals surface area contributed by atoms with Crippen molar-refractivity contribution in [3.05, 3.63) is 59.0 Å². The summed E-state index contributed by atoms with van der Waals surface area (Å²) in [6.45, 7) is 6.40. The highest BCUT2D eigenvalue weighted by Gasteiger charge is 2.30. The van der Waals surface area contributed by atoms with Crippen LogP contribution in [0.1, 0.15) is 55.3 Å². The van der Waals surface area contributed by atoms with Crippen LogP contribution in [0.25, 0.3) is 0 Å². The number of nitrogens with one attached hydrogen (secondary N) is 2. The number of rotatable bonds is 9. The van der Waals surface area contributed by atoms with Gasteiger partial charge in [-0.25, -0.2) is 0 Å². The summed E-state index contributed by atoms with van der Waals surface area (Å²) in [5, 5.41) is 6.52. The molecule has 3 unspecified atom stereocenters. The Morgan fingerprint density at radius 1 is 1.17 bits per heavy atom. The minimum atomic E-state index is -0.617. The first-order valence-corrected chi connectivity index (χ1v) is 11.0. The second-order valence-corrected chi connectivity index (χ2v) is 8.30. The average Bonchev–Trinajstić information content (AvgIpc) is 3.46. The number of amides is 2. The van der Waals surface area contributed by atoms with Gasteiger partial charge in [-0.3, -0.25) is 14.5 Å². The van der Waals surface area contributed by atoms with E-state index < -0.39 is 6.04 Å². The zero-order valence-electron chi connectivity index (χ0n) is 17.6. The summed E-state index contributed by atoms with van der Waals surface area (Å²) in [7, 11) is 0. The number of benzene rings is 1. The van der Waals surface area contributed by atoms with Crippen molar-refractivity contribution in [3.8, 4) is 0 Å². The van der Waals surface area contributed by atoms with Gasteiger partial charge in [0, 0.05) is 17.1 Å². The van der Waals surface area contributed by atoms with Gasteiger partial charge in [0.25, 0.3) is 5.91 Å². The molecule has 2 aromatic rings. The van der Waals surface area contributed by atoms with Crippen molar-refractivity contribution in [1.82, 2.24) is 15.5 Å². The molecule has 1 aliphatic rings. The highest BCUT2D eigenvalue weighted by Crippen LogP contribution is 2.25. The van der Waals surface area contributed by atoms with Crippen molar-refractivity contribution >= 4 is 23.4 Å². The van der Waals surface area contributed by atoms with Crippen molar-refractivity contribution in [3.63, 3.8) is 0 Å². The highest BCUT2D eigenvalue weighted by atomic mass is 35.5. The molecule has 1 aromatic carbocycles. The summed E-state index contributed by atoms with van der Waals surface area (Å²) in [4.78, 5) is 28.1. The molecule has 0 bridgehead atoms. The van der Waals surface area contributed by atoms with Crippen LogP contribution in [-0.2, 0) is 4.79 Å². The third-order valence-corrected chi connectivity index (χ3v) is 6.06. The first-order valence-electron chi connectivity index (χ1n) is 10.6. The number of carbonyl (C=O) groups is 2. The van der Waals surface area contributed by atoms with E-state index in [1.807, 2.05) is 26.0 Å². The number of nitrogens with zero attached hydrogens (tertiary/aromatic N) is 1. The Hall–Kier alpha value is -2.31. The number of furan rings is 1. The summed E-state index contributed by atoms with van der Waals surface area (Å²) in [5.41, 5.74) is 0.478. The van der Waals surface area contributed by atoms with Crippen LogP contribution in [0.2, 0.25) is 5.02 Å². The van der Waals surface area contributed by atoms with E-state index in [2.05, 4.69) is 15.5 Å². The maximum absolute atomic E-state index is 13.1. The lowest BCUT2D eigenvalue weighted by Gasteiger charge is -2.28. The smallest absolute Gasteiger partial charge is 0.251 e. The third kappa shape index (κ3) is 5.64. The molecule has 6 nitrogen and oxygen atoms in total. The fourth-order valence-electron chi connectivity index (χ4n) is 3.78. The van der Waals surface area contributed by atoms with Gasteiger partial charge in [0.2, 0.25) is 5.91 Å². The molecule has 1 aliphatic heterocycles. The highest BCUT2D eigenvalue weighted by molar-refractivity contribution is 6.30. The molecule has 1 aromatic heterocycles. The first-order chi connectivity index (χ1) is 14.5. The van der Waals surface area contributed by atoms with Crippen LogP contribution >= 0.6 is 11.6 Å². The van der Waals surface area contributed by atoms with Crippen molar-refractivity contribution in [2.45, 2.75) is 45.2 Å². The third-order valence-electron chi connectivity index (χ3n) is 5.81. The van der Waals surface area contributed by atoms with Crippen LogP contribution in [0.5, 0.6) is 0 Å². The van der Waals surface area contributed by atoms with E-state index in [0.29, 0.717) is 17.1 Å². The minimum Gasteiger partial charge on any atom is -0.468 e. The van der Waals surface area contributed by atoms with Gasteiger partial charge in [-0.15, -0.1) is 0 Å². The number of hydrogen-bond donors (Lipinski definition) is 2. The monoisotopic (exact) mass is 431 g/mol. The van der Waals surface area contributed by atoms with Gasteiger partial charge in [-0.2, -0.15) is 0 Å². The molecule has 0 spiro atoms. The second kappa shape index (κ2) is 10.6. The van der Waals surface area contributed by atoms with E-state index in [1.54, 1.807) is 30.5 Å². The number of carbonyl (C=O) groups excluding carboxylic acids is 2. The molecule has 2 heterocycles. The Balaban J connectivity index is 1.66. The fraction of sp³-hybridized carbons (Fsp3) is 0.478. The van der Waals surface area contributed by atoms with Gasteiger partial charge < -0.3 is 15.1 Å². The lowest BCUT2D eigenvalue weighted by atomic mass is 9.97. The van der Waals surface area contributed by atoms with E-state index in [9.17, 15) is 9.59 Å². The summed E-state index contributed by atoms with van der Waals surface area (Å²) >= 11 is 5.90. The summed E-state index contributed by atoms with van der Waals surface area (Å²) < 4.78 is 5.63. The Kier molecular flexibility index (Phi) is 7.94. The average molecular weight is 432 g/mol. The predicted molar refractivity (Wildman–Crippen MR) is 117 cm³/mol. The van der Waals surface area contributed by atoms with E-state index in [4.69, 9.17) is 16.0 Å². The first kappa shape index (κ1) is 22.4. The Morgan fingerprint density at radius 3 is 2.47 bits per heavy atom. The zero-order valence-corrected chi connectivity index (χ0v) is 18.3. The molecule has 0 radical (unpaired) electrons. The van der Waals surface area contributed by atoms with Gasteiger partial charge in [-0.05, 0) is 68.2 Å². The molecule has 0 aliphatic carbocycles. The molecule has 7 heteroatoms. The number of likely N-dealkylation sites (tertiary alicyclic amines) is 1. The van der Waals surface area contributed by atoms with Crippen LogP contribution in [0.15, 0.2) is 47.1 Å². The summed E-state index contributed by atoms with van der Waals surface area (Å²) in [6, 6.07) is 9.84. The van der Waals surface area contributed by atoms with Gasteiger partial charge >= 0.3 is 0 Å². The van der Waals surface area contributed by atoms with Gasteiger partial charge in [0.05, 0.1) is 12.3 Å². The molecular weight excluding hydrogens is 402 g/mol. The molecule has 0 saturated carbocycles. The molecule has 162 valence electrons. The van der Waals surface area contributed by atoms with E-state index >= 15 is 0 Å². The SMILES string of the molecule is CCC(C)C(NC(=O)c1ccc(Cl)cc1)C(=O)NCC(c1ccco1)N1CCCC1. The largest absolute Gasteiger partial charge is 0.468 e. The molecule has 2 amide bonds. The molecule has 3 atom stereocenters. The number of halogens is 1. The van der Waals surface area contributed by atoms with Crippen molar-refractivity contribution in [2.75, 3.05) is 19.6 Å². The number of hydrogen-bond acceptors (Lipinski definition) is 4. The quantitative estimate of drug-likeness (QED) is 0.628. The van der Waals surface area contributed by atoms with Gasteiger partial charge in [-0.1, -0.05) is 31.9 Å².